The van der Waals surface area contributed by atoms with Crippen LogP contribution in [-0.2, 0) is 6.54 Å². The number of hydrogen-bond acceptors (Lipinski definition) is 2. The number of piperidine rings is 1. The molecular weight excluding hydrogens is 459 g/mol. The summed E-state index contributed by atoms with van der Waals surface area (Å²) in [6.07, 6.45) is 7.72. The number of benzene rings is 1. The second kappa shape index (κ2) is 11.3. The summed E-state index contributed by atoms with van der Waals surface area (Å²) in [6, 6.07) is 8.80. The number of rotatable bonds is 5. The van der Waals surface area contributed by atoms with E-state index >= 15 is 0 Å². The van der Waals surface area contributed by atoms with Crippen molar-refractivity contribution in [2.75, 3.05) is 26.7 Å². The van der Waals surface area contributed by atoms with E-state index in [9.17, 15) is 0 Å². The zero-order valence-corrected chi connectivity index (χ0v) is 18.8. The van der Waals surface area contributed by atoms with Gasteiger partial charge < -0.3 is 10.6 Å². The van der Waals surface area contributed by atoms with E-state index in [4.69, 9.17) is 11.6 Å². The molecule has 4 nitrogen and oxygen atoms in total. The molecule has 1 heterocycles. The molecule has 1 saturated carbocycles. The van der Waals surface area contributed by atoms with Crippen LogP contribution in [0, 0.1) is 5.92 Å². The SMILES string of the molecule is CN=C(NCC1CCN(Cc2ccccc2Cl)CC1)NC1CCCC1.I. The zero-order valence-electron chi connectivity index (χ0n) is 15.7. The summed E-state index contributed by atoms with van der Waals surface area (Å²) in [5.41, 5.74) is 1.24. The van der Waals surface area contributed by atoms with Gasteiger partial charge in [0, 0.05) is 31.2 Å². The average molecular weight is 491 g/mol. The van der Waals surface area contributed by atoms with E-state index in [0.29, 0.717) is 6.04 Å². The van der Waals surface area contributed by atoms with Crippen molar-refractivity contribution >= 4 is 41.5 Å². The topological polar surface area (TPSA) is 39.7 Å². The van der Waals surface area contributed by atoms with Gasteiger partial charge in [0.1, 0.15) is 0 Å². The molecule has 0 spiro atoms. The summed E-state index contributed by atoms with van der Waals surface area (Å²) in [6.45, 7) is 4.27. The van der Waals surface area contributed by atoms with E-state index in [1.54, 1.807) is 0 Å². The first kappa shape index (κ1) is 21.8. The maximum atomic E-state index is 6.29. The van der Waals surface area contributed by atoms with Gasteiger partial charge in [-0.25, -0.2) is 0 Å². The van der Waals surface area contributed by atoms with Gasteiger partial charge in [0.05, 0.1) is 0 Å². The molecule has 3 rings (SSSR count). The van der Waals surface area contributed by atoms with E-state index in [-0.39, 0.29) is 24.0 Å². The fraction of sp³-hybridized carbons (Fsp3) is 0.650. The minimum absolute atomic E-state index is 0. The van der Waals surface area contributed by atoms with Gasteiger partial charge in [-0.15, -0.1) is 24.0 Å². The predicted octanol–water partition coefficient (Wildman–Crippen LogP) is 4.28. The maximum absolute atomic E-state index is 6.29. The molecule has 6 heteroatoms. The minimum atomic E-state index is 0. The van der Waals surface area contributed by atoms with Crippen LogP contribution in [0.5, 0.6) is 0 Å². The van der Waals surface area contributed by atoms with Crippen molar-refractivity contribution in [2.24, 2.45) is 10.9 Å². The number of nitrogens with zero attached hydrogens (tertiary/aromatic N) is 2. The van der Waals surface area contributed by atoms with E-state index in [0.717, 1.165) is 43.1 Å². The molecule has 26 heavy (non-hydrogen) atoms. The van der Waals surface area contributed by atoms with E-state index in [1.165, 1.54) is 44.1 Å². The highest BCUT2D eigenvalue weighted by Gasteiger charge is 2.21. The molecule has 0 unspecified atom stereocenters. The summed E-state index contributed by atoms with van der Waals surface area (Å²) in [5, 5.41) is 7.99. The largest absolute Gasteiger partial charge is 0.356 e. The first-order chi connectivity index (χ1) is 12.2. The second-order valence-electron chi connectivity index (χ2n) is 7.39. The monoisotopic (exact) mass is 490 g/mol. The highest BCUT2D eigenvalue weighted by Crippen LogP contribution is 2.22. The van der Waals surface area contributed by atoms with Gasteiger partial charge >= 0.3 is 0 Å². The van der Waals surface area contributed by atoms with Crippen molar-refractivity contribution in [2.45, 2.75) is 51.1 Å². The summed E-state index contributed by atoms with van der Waals surface area (Å²) in [5.74, 6) is 1.70. The lowest BCUT2D eigenvalue weighted by Gasteiger charge is -2.32. The van der Waals surface area contributed by atoms with Crippen LogP contribution in [-0.4, -0.2) is 43.6 Å². The number of guanidine groups is 1. The Hall–Kier alpha value is -0.530. The Morgan fingerprint density at radius 2 is 1.85 bits per heavy atom. The average Bonchev–Trinajstić information content (AvgIpc) is 3.15. The van der Waals surface area contributed by atoms with Crippen LogP contribution in [0.2, 0.25) is 5.02 Å². The fourth-order valence-electron chi connectivity index (χ4n) is 3.92. The maximum Gasteiger partial charge on any atom is 0.191 e. The van der Waals surface area contributed by atoms with Crippen LogP contribution in [0.3, 0.4) is 0 Å². The van der Waals surface area contributed by atoms with Gasteiger partial charge in [-0.3, -0.25) is 9.89 Å². The molecule has 0 atom stereocenters. The van der Waals surface area contributed by atoms with Crippen LogP contribution in [0.1, 0.15) is 44.1 Å². The van der Waals surface area contributed by atoms with Crippen molar-refractivity contribution in [3.63, 3.8) is 0 Å². The molecule has 0 amide bonds. The van der Waals surface area contributed by atoms with E-state index in [1.807, 2.05) is 19.2 Å². The Morgan fingerprint density at radius 3 is 2.50 bits per heavy atom. The van der Waals surface area contributed by atoms with E-state index < -0.39 is 0 Å². The van der Waals surface area contributed by atoms with Gasteiger partial charge in [0.2, 0.25) is 0 Å². The number of hydrogen-bond donors (Lipinski definition) is 2. The number of nitrogens with one attached hydrogen (secondary N) is 2. The van der Waals surface area contributed by atoms with E-state index in [2.05, 4.69) is 32.7 Å². The molecule has 1 aromatic rings. The molecular formula is C20H32ClIN4. The lowest BCUT2D eigenvalue weighted by Crippen LogP contribution is -2.45. The highest BCUT2D eigenvalue weighted by molar-refractivity contribution is 14.0. The van der Waals surface area contributed by atoms with Gasteiger partial charge in [0.15, 0.2) is 5.96 Å². The van der Waals surface area contributed by atoms with Crippen molar-refractivity contribution in [1.82, 2.24) is 15.5 Å². The molecule has 0 radical (unpaired) electrons. The molecule has 1 aliphatic carbocycles. The summed E-state index contributed by atoms with van der Waals surface area (Å²) in [4.78, 5) is 6.90. The Balaban J connectivity index is 0.00000243. The fourth-order valence-corrected chi connectivity index (χ4v) is 4.11. The third-order valence-electron chi connectivity index (χ3n) is 5.54. The quantitative estimate of drug-likeness (QED) is 0.368. The number of aliphatic imine (C=N–C) groups is 1. The molecule has 146 valence electrons. The second-order valence-corrected chi connectivity index (χ2v) is 7.80. The Morgan fingerprint density at radius 1 is 1.15 bits per heavy atom. The molecule has 2 aliphatic rings. The van der Waals surface area contributed by atoms with Gasteiger partial charge in [0.25, 0.3) is 0 Å². The summed E-state index contributed by atoms with van der Waals surface area (Å²) in [7, 11) is 1.87. The van der Waals surface area contributed by atoms with Crippen LogP contribution >= 0.6 is 35.6 Å². The standard InChI is InChI=1S/C20H31ClN4.HI/c1-22-20(24-18-7-3-4-8-18)23-14-16-10-12-25(13-11-16)15-17-6-2-5-9-19(17)21;/h2,5-6,9,16,18H,3-4,7-8,10-15H2,1H3,(H2,22,23,24);1H. The van der Waals surface area contributed by atoms with Crippen LogP contribution in [0.4, 0.5) is 0 Å². The molecule has 2 fully saturated rings. The lowest BCUT2D eigenvalue weighted by atomic mass is 9.96. The van der Waals surface area contributed by atoms with Crippen LogP contribution in [0.15, 0.2) is 29.3 Å². The van der Waals surface area contributed by atoms with Crippen LogP contribution in [0.25, 0.3) is 0 Å². The molecule has 1 aromatic carbocycles. The summed E-state index contributed by atoms with van der Waals surface area (Å²) < 4.78 is 0. The Kier molecular flexibility index (Phi) is 9.50. The summed E-state index contributed by atoms with van der Waals surface area (Å²) >= 11 is 6.29. The first-order valence-electron chi connectivity index (χ1n) is 9.67. The molecule has 0 bridgehead atoms. The minimum Gasteiger partial charge on any atom is -0.356 e. The molecule has 1 aliphatic heterocycles. The first-order valence-corrected chi connectivity index (χ1v) is 10.1. The smallest absolute Gasteiger partial charge is 0.191 e. The molecule has 1 saturated heterocycles. The third kappa shape index (κ3) is 6.57. The van der Waals surface area contributed by atoms with Crippen LogP contribution < -0.4 is 10.6 Å². The number of likely N-dealkylation sites (tertiary alicyclic amines) is 1. The molecule has 2 N–H and O–H groups in total. The van der Waals surface area contributed by atoms with Crippen molar-refractivity contribution < 1.29 is 0 Å². The van der Waals surface area contributed by atoms with Crippen molar-refractivity contribution in [3.8, 4) is 0 Å². The normalized spacial score (nSPS) is 20.0. The van der Waals surface area contributed by atoms with Gasteiger partial charge in [-0.2, -0.15) is 0 Å². The van der Waals surface area contributed by atoms with Gasteiger partial charge in [-0.1, -0.05) is 42.6 Å². The zero-order chi connectivity index (χ0) is 17.5. The lowest BCUT2D eigenvalue weighted by molar-refractivity contribution is 0.178. The third-order valence-corrected chi connectivity index (χ3v) is 5.91. The van der Waals surface area contributed by atoms with Crippen molar-refractivity contribution in [3.05, 3.63) is 34.9 Å². The highest BCUT2D eigenvalue weighted by atomic mass is 127. The predicted molar refractivity (Wildman–Crippen MR) is 122 cm³/mol. The Bertz CT molecular complexity index is 567. The van der Waals surface area contributed by atoms with Crippen molar-refractivity contribution in [1.29, 1.82) is 0 Å². The number of halogens is 2. The Labute approximate surface area is 180 Å². The molecule has 0 aromatic heterocycles. The van der Waals surface area contributed by atoms with Gasteiger partial charge in [-0.05, 0) is 56.3 Å².